The number of rotatable bonds is 4. The molecular weight excluding hydrogens is 299 g/mol. The first kappa shape index (κ1) is 14.9. The Balaban J connectivity index is 1.91. The molecule has 118 valence electrons. The smallest absolute Gasteiger partial charge is 0.272 e. The SMILES string of the molecule is COc1ccc(OC)c(NC(=O)c2cc3cc(F)ccc3[nH]2)c1. The maximum atomic E-state index is 13.2. The number of ether oxygens (including phenoxy) is 2. The standard InChI is InChI=1S/C17H15FN2O3/c1-22-12-4-6-16(23-2)14(9-12)20-17(21)15-8-10-7-11(18)3-5-13(10)19-15/h3-9,19H,1-2H3,(H,20,21). The van der Waals surface area contributed by atoms with Gasteiger partial charge in [0, 0.05) is 17.0 Å². The minimum Gasteiger partial charge on any atom is -0.497 e. The molecular formula is C17H15FN2O3. The van der Waals surface area contributed by atoms with E-state index in [1.807, 2.05) is 0 Å². The number of carbonyl (C=O) groups is 1. The third-order valence-electron chi connectivity index (χ3n) is 3.48. The Hall–Kier alpha value is -3.02. The Labute approximate surface area is 132 Å². The number of anilines is 1. The molecule has 0 fully saturated rings. The summed E-state index contributed by atoms with van der Waals surface area (Å²) < 4.78 is 23.6. The van der Waals surface area contributed by atoms with Crippen LogP contribution in [0.5, 0.6) is 11.5 Å². The van der Waals surface area contributed by atoms with E-state index >= 15 is 0 Å². The van der Waals surface area contributed by atoms with E-state index in [1.54, 1.807) is 37.4 Å². The molecule has 3 rings (SSSR count). The van der Waals surface area contributed by atoms with E-state index in [4.69, 9.17) is 9.47 Å². The van der Waals surface area contributed by atoms with Gasteiger partial charge in [0.15, 0.2) is 0 Å². The van der Waals surface area contributed by atoms with Gasteiger partial charge in [-0.1, -0.05) is 0 Å². The van der Waals surface area contributed by atoms with Gasteiger partial charge in [0.2, 0.25) is 0 Å². The number of nitrogens with one attached hydrogen (secondary N) is 2. The van der Waals surface area contributed by atoms with Gasteiger partial charge in [-0.15, -0.1) is 0 Å². The Morgan fingerprint density at radius 3 is 2.65 bits per heavy atom. The summed E-state index contributed by atoms with van der Waals surface area (Å²) in [5.41, 5.74) is 1.51. The van der Waals surface area contributed by atoms with Crippen LogP contribution in [0, 0.1) is 5.82 Å². The van der Waals surface area contributed by atoms with Crippen molar-refractivity contribution in [3.8, 4) is 11.5 Å². The van der Waals surface area contributed by atoms with E-state index in [0.29, 0.717) is 33.8 Å². The maximum Gasteiger partial charge on any atom is 0.272 e. The lowest BCUT2D eigenvalue weighted by molar-refractivity contribution is 0.102. The van der Waals surface area contributed by atoms with Crippen molar-refractivity contribution in [2.45, 2.75) is 0 Å². The largest absolute Gasteiger partial charge is 0.497 e. The van der Waals surface area contributed by atoms with Crippen molar-refractivity contribution in [1.82, 2.24) is 4.98 Å². The molecule has 0 saturated heterocycles. The number of halogens is 1. The number of H-pyrrole nitrogens is 1. The summed E-state index contributed by atoms with van der Waals surface area (Å²) in [7, 11) is 3.06. The van der Waals surface area contributed by atoms with Crippen LogP contribution >= 0.6 is 0 Å². The molecule has 0 bridgehead atoms. The van der Waals surface area contributed by atoms with Crippen LogP contribution < -0.4 is 14.8 Å². The Kier molecular flexibility index (Phi) is 3.89. The molecule has 1 amide bonds. The second-order valence-electron chi connectivity index (χ2n) is 4.93. The van der Waals surface area contributed by atoms with E-state index in [-0.39, 0.29) is 11.7 Å². The number of methoxy groups -OCH3 is 2. The zero-order valence-corrected chi connectivity index (χ0v) is 12.6. The van der Waals surface area contributed by atoms with Crippen LogP contribution in [0.2, 0.25) is 0 Å². The summed E-state index contributed by atoms with van der Waals surface area (Å²) in [5, 5.41) is 3.39. The van der Waals surface area contributed by atoms with Crippen molar-refractivity contribution < 1.29 is 18.7 Å². The summed E-state index contributed by atoms with van der Waals surface area (Å²) in [6.07, 6.45) is 0. The quantitative estimate of drug-likeness (QED) is 0.774. The number of carbonyl (C=O) groups excluding carboxylic acids is 1. The highest BCUT2D eigenvalue weighted by Gasteiger charge is 2.13. The van der Waals surface area contributed by atoms with Crippen LogP contribution in [-0.4, -0.2) is 25.1 Å². The Bertz CT molecular complexity index is 873. The molecule has 1 aromatic heterocycles. The monoisotopic (exact) mass is 314 g/mol. The van der Waals surface area contributed by atoms with Gasteiger partial charge in [0.05, 0.1) is 19.9 Å². The highest BCUT2D eigenvalue weighted by molar-refractivity contribution is 6.06. The van der Waals surface area contributed by atoms with Crippen molar-refractivity contribution in [3.63, 3.8) is 0 Å². The van der Waals surface area contributed by atoms with Crippen LogP contribution in [-0.2, 0) is 0 Å². The van der Waals surface area contributed by atoms with Crippen LogP contribution in [0.25, 0.3) is 10.9 Å². The third kappa shape index (κ3) is 2.96. The molecule has 0 aliphatic carbocycles. The second kappa shape index (κ2) is 6.00. The molecule has 0 radical (unpaired) electrons. The zero-order chi connectivity index (χ0) is 16.4. The van der Waals surface area contributed by atoms with E-state index < -0.39 is 0 Å². The number of fused-ring (bicyclic) bond motifs is 1. The van der Waals surface area contributed by atoms with E-state index in [0.717, 1.165) is 0 Å². The molecule has 6 heteroatoms. The Morgan fingerprint density at radius 2 is 1.91 bits per heavy atom. The number of amides is 1. The van der Waals surface area contributed by atoms with Crippen LogP contribution in [0.4, 0.5) is 10.1 Å². The average molecular weight is 314 g/mol. The molecule has 0 aliphatic rings. The molecule has 5 nitrogen and oxygen atoms in total. The molecule has 0 aliphatic heterocycles. The summed E-state index contributed by atoms with van der Waals surface area (Å²) in [5.74, 6) is 0.409. The summed E-state index contributed by atoms with van der Waals surface area (Å²) >= 11 is 0. The van der Waals surface area contributed by atoms with Crippen LogP contribution in [0.3, 0.4) is 0 Å². The second-order valence-corrected chi connectivity index (χ2v) is 4.93. The van der Waals surface area contributed by atoms with Crippen LogP contribution in [0.15, 0.2) is 42.5 Å². The number of hydrogen-bond donors (Lipinski definition) is 2. The number of aromatic nitrogens is 1. The summed E-state index contributed by atoms with van der Waals surface area (Å²) in [6.45, 7) is 0. The lowest BCUT2D eigenvalue weighted by Crippen LogP contribution is -2.13. The van der Waals surface area contributed by atoms with E-state index in [1.165, 1.54) is 19.2 Å². The molecule has 0 atom stereocenters. The van der Waals surface area contributed by atoms with Crippen molar-refractivity contribution in [2.75, 3.05) is 19.5 Å². The minimum absolute atomic E-state index is 0.329. The van der Waals surface area contributed by atoms with Crippen LogP contribution in [0.1, 0.15) is 10.5 Å². The van der Waals surface area contributed by atoms with E-state index in [9.17, 15) is 9.18 Å². The fourth-order valence-corrected chi connectivity index (χ4v) is 2.33. The minimum atomic E-state index is -0.354. The molecule has 3 aromatic rings. The van der Waals surface area contributed by atoms with Gasteiger partial charge in [-0.05, 0) is 36.4 Å². The first-order valence-corrected chi connectivity index (χ1v) is 6.92. The molecule has 1 heterocycles. The van der Waals surface area contributed by atoms with E-state index in [2.05, 4.69) is 10.3 Å². The fourth-order valence-electron chi connectivity index (χ4n) is 2.33. The normalized spacial score (nSPS) is 10.6. The number of aromatic amines is 1. The molecule has 0 saturated carbocycles. The number of benzene rings is 2. The zero-order valence-electron chi connectivity index (χ0n) is 12.6. The molecule has 2 aromatic carbocycles. The first-order valence-electron chi connectivity index (χ1n) is 6.92. The maximum absolute atomic E-state index is 13.2. The molecule has 2 N–H and O–H groups in total. The highest BCUT2D eigenvalue weighted by atomic mass is 19.1. The fraction of sp³-hybridized carbons (Fsp3) is 0.118. The van der Waals surface area contributed by atoms with Gasteiger partial charge in [0.25, 0.3) is 5.91 Å². The third-order valence-corrected chi connectivity index (χ3v) is 3.48. The summed E-state index contributed by atoms with van der Waals surface area (Å²) in [6, 6.07) is 11.0. The lowest BCUT2D eigenvalue weighted by atomic mass is 10.2. The van der Waals surface area contributed by atoms with Gasteiger partial charge in [-0.25, -0.2) is 4.39 Å². The first-order chi connectivity index (χ1) is 11.1. The predicted octanol–water partition coefficient (Wildman–Crippen LogP) is 3.58. The lowest BCUT2D eigenvalue weighted by Gasteiger charge is -2.11. The van der Waals surface area contributed by atoms with Crippen molar-refractivity contribution in [3.05, 3.63) is 54.0 Å². The highest BCUT2D eigenvalue weighted by Crippen LogP contribution is 2.29. The number of hydrogen-bond acceptors (Lipinski definition) is 3. The average Bonchev–Trinajstić information content (AvgIpc) is 2.98. The van der Waals surface area contributed by atoms with Gasteiger partial charge < -0.3 is 19.8 Å². The van der Waals surface area contributed by atoms with Crippen molar-refractivity contribution in [1.29, 1.82) is 0 Å². The summed E-state index contributed by atoms with van der Waals surface area (Å²) in [4.78, 5) is 15.4. The van der Waals surface area contributed by atoms with Gasteiger partial charge in [-0.3, -0.25) is 4.79 Å². The predicted molar refractivity (Wildman–Crippen MR) is 85.8 cm³/mol. The molecule has 0 spiro atoms. The van der Waals surface area contributed by atoms with Crippen molar-refractivity contribution >= 4 is 22.5 Å². The topological polar surface area (TPSA) is 63.4 Å². The van der Waals surface area contributed by atoms with Gasteiger partial charge >= 0.3 is 0 Å². The Morgan fingerprint density at radius 1 is 1.09 bits per heavy atom. The molecule has 23 heavy (non-hydrogen) atoms. The van der Waals surface area contributed by atoms with Gasteiger partial charge in [0.1, 0.15) is 23.0 Å². The van der Waals surface area contributed by atoms with Crippen molar-refractivity contribution in [2.24, 2.45) is 0 Å². The van der Waals surface area contributed by atoms with Gasteiger partial charge in [-0.2, -0.15) is 0 Å². The molecule has 0 unspecified atom stereocenters.